The van der Waals surface area contributed by atoms with Gasteiger partial charge in [0.1, 0.15) is 0 Å². The van der Waals surface area contributed by atoms with Gasteiger partial charge in [0.25, 0.3) is 0 Å². The van der Waals surface area contributed by atoms with E-state index < -0.39 is 0 Å². The van der Waals surface area contributed by atoms with E-state index in [1.807, 2.05) is 6.07 Å². The van der Waals surface area contributed by atoms with Gasteiger partial charge in [0.2, 0.25) is 5.91 Å². The maximum Gasteiger partial charge on any atom is 0.220 e. The Morgan fingerprint density at radius 2 is 1.94 bits per heavy atom. The van der Waals surface area contributed by atoms with Crippen LogP contribution in [0.1, 0.15) is 31.7 Å². The van der Waals surface area contributed by atoms with Gasteiger partial charge in [0.15, 0.2) is 0 Å². The average molecular weight is 217 g/mol. The Balaban J connectivity index is 2.24. The van der Waals surface area contributed by atoms with Crippen molar-refractivity contribution in [2.24, 2.45) is 11.8 Å². The summed E-state index contributed by atoms with van der Waals surface area (Å²) in [7, 11) is 0. The number of hydrogen-bond acceptors (Lipinski definition) is 1. The highest BCUT2D eigenvalue weighted by molar-refractivity contribution is 5.77. The zero-order valence-corrected chi connectivity index (χ0v) is 9.94. The van der Waals surface area contributed by atoms with Crippen LogP contribution in [0.3, 0.4) is 0 Å². The van der Waals surface area contributed by atoms with Gasteiger partial charge in [-0.1, -0.05) is 44.2 Å². The maximum absolute atomic E-state index is 11.5. The van der Waals surface area contributed by atoms with Gasteiger partial charge in [-0.2, -0.15) is 0 Å². The molecule has 0 spiro atoms. The molecule has 2 nitrogen and oxygen atoms in total. The second-order valence-corrected chi connectivity index (χ2v) is 4.93. The maximum atomic E-state index is 11.5. The highest BCUT2D eigenvalue weighted by Crippen LogP contribution is 2.34. The Kier molecular flexibility index (Phi) is 3.28. The molecule has 1 aromatic rings. The van der Waals surface area contributed by atoms with Crippen molar-refractivity contribution >= 4 is 5.91 Å². The SMILES string of the molecule is CC(C)[C@@H]1CNC(=O)C[C@H]1c1ccccc1. The van der Waals surface area contributed by atoms with Crippen LogP contribution in [0.4, 0.5) is 0 Å². The quantitative estimate of drug-likeness (QED) is 0.810. The van der Waals surface area contributed by atoms with Crippen molar-refractivity contribution in [2.45, 2.75) is 26.2 Å². The van der Waals surface area contributed by atoms with Crippen molar-refractivity contribution in [2.75, 3.05) is 6.54 Å². The van der Waals surface area contributed by atoms with Crippen molar-refractivity contribution in [1.82, 2.24) is 5.32 Å². The lowest BCUT2D eigenvalue weighted by Crippen LogP contribution is -2.41. The van der Waals surface area contributed by atoms with Gasteiger partial charge in [-0.15, -0.1) is 0 Å². The lowest BCUT2D eigenvalue weighted by molar-refractivity contribution is -0.123. The van der Waals surface area contributed by atoms with Gasteiger partial charge >= 0.3 is 0 Å². The first-order chi connectivity index (χ1) is 7.68. The summed E-state index contributed by atoms with van der Waals surface area (Å²) in [6, 6.07) is 10.4. The fraction of sp³-hybridized carbons (Fsp3) is 0.500. The number of hydrogen-bond donors (Lipinski definition) is 1. The number of carbonyl (C=O) groups is 1. The molecule has 1 aliphatic rings. The minimum absolute atomic E-state index is 0.186. The van der Waals surface area contributed by atoms with Crippen LogP contribution in [0.15, 0.2) is 30.3 Å². The van der Waals surface area contributed by atoms with Crippen LogP contribution in [-0.2, 0) is 4.79 Å². The molecule has 1 amide bonds. The Morgan fingerprint density at radius 3 is 2.56 bits per heavy atom. The molecule has 0 radical (unpaired) electrons. The molecule has 2 rings (SSSR count). The van der Waals surface area contributed by atoms with Crippen LogP contribution in [0.25, 0.3) is 0 Å². The monoisotopic (exact) mass is 217 g/mol. The minimum Gasteiger partial charge on any atom is -0.356 e. The molecule has 2 atom stereocenters. The third kappa shape index (κ3) is 2.26. The third-order valence-corrected chi connectivity index (χ3v) is 3.54. The lowest BCUT2D eigenvalue weighted by Gasteiger charge is -2.34. The molecule has 1 saturated heterocycles. The largest absolute Gasteiger partial charge is 0.356 e. The van der Waals surface area contributed by atoms with Gasteiger partial charge in [-0.25, -0.2) is 0 Å². The molecular formula is C14H19NO. The van der Waals surface area contributed by atoms with E-state index in [9.17, 15) is 4.79 Å². The first kappa shape index (κ1) is 11.2. The van der Waals surface area contributed by atoms with Crippen molar-refractivity contribution in [3.05, 3.63) is 35.9 Å². The Bertz CT molecular complexity index is 358. The molecule has 0 aromatic heterocycles. The molecule has 0 unspecified atom stereocenters. The highest BCUT2D eigenvalue weighted by atomic mass is 16.1. The van der Waals surface area contributed by atoms with Gasteiger partial charge < -0.3 is 5.32 Å². The minimum atomic E-state index is 0.186. The number of amides is 1. The normalized spacial score (nSPS) is 25.6. The van der Waals surface area contributed by atoms with Crippen LogP contribution in [-0.4, -0.2) is 12.5 Å². The lowest BCUT2D eigenvalue weighted by atomic mass is 9.75. The number of rotatable bonds is 2. The fourth-order valence-corrected chi connectivity index (χ4v) is 2.56. The molecule has 0 aliphatic carbocycles. The second-order valence-electron chi connectivity index (χ2n) is 4.93. The van der Waals surface area contributed by atoms with E-state index in [4.69, 9.17) is 0 Å². The summed E-state index contributed by atoms with van der Waals surface area (Å²) in [6.45, 7) is 5.28. The first-order valence-corrected chi connectivity index (χ1v) is 6.00. The van der Waals surface area contributed by atoms with E-state index in [1.54, 1.807) is 0 Å². The van der Waals surface area contributed by atoms with Crippen LogP contribution < -0.4 is 5.32 Å². The summed E-state index contributed by atoms with van der Waals surface area (Å²) < 4.78 is 0. The molecule has 1 N–H and O–H groups in total. The van der Waals surface area contributed by atoms with Crippen molar-refractivity contribution < 1.29 is 4.79 Å². The summed E-state index contributed by atoms with van der Waals surface area (Å²) in [5.41, 5.74) is 1.30. The standard InChI is InChI=1S/C14H19NO/c1-10(2)13-9-15-14(16)8-12(13)11-6-4-3-5-7-11/h3-7,10,12-13H,8-9H2,1-2H3,(H,15,16)/t12-,13-/m0/s1. The zero-order chi connectivity index (χ0) is 11.5. The van der Waals surface area contributed by atoms with Crippen LogP contribution >= 0.6 is 0 Å². The molecule has 0 bridgehead atoms. The predicted octanol–water partition coefficient (Wildman–Crippen LogP) is 2.56. The molecule has 1 heterocycles. The van der Waals surface area contributed by atoms with Gasteiger partial charge in [-0.05, 0) is 23.3 Å². The third-order valence-electron chi connectivity index (χ3n) is 3.54. The number of benzene rings is 1. The molecular weight excluding hydrogens is 198 g/mol. The van der Waals surface area contributed by atoms with Crippen LogP contribution in [0, 0.1) is 11.8 Å². The summed E-state index contributed by atoms with van der Waals surface area (Å²) >= 11 is 0. The first-order valence-electron chi connectivity index (χ1n) is 6.00. The number of carbonyl (C=O) groups excluding carboxylic acids is 1. The topological polar surface area (TPSA) is 29.1 Å². The van der Waals surface area contributed by atoms with Gasteiger partial charge in [-0.3, -0.25) is 4.79 Å². The van der Waals surface area contributed by atoms with Crippen molar-refractivity contribution in [3.8, 4) is 0 Å². The van der Waals surface area contributed by atoms with Crippen LogP contribution in [0.5, 0.6) is 0 Å². The van der Waals surface area contributed by atoms with E-state index in [0.29, 0.717) is 24.2 Å². The summed E-state index contributed by atoms with van der Waals surface area (Å²) in [4.78, 5) is 11.5. The molecule has 1 fully saturated rings. The smallest absolute Gasteiger partial charge is 0.220 e. The second kappa shape index (κ2) is 4.69. The predicted molar refractivity (Wildman–Crippen MR) is 65.1 cm³/mol. The fourth-order valence-electron chi connectivity index (χ4n) is 2.56. The summed E-state index contributed by atoms with van der Waals surface area (Å²) in [5.74, 6) is 1.73. The summed E-state index contributed by atoms with van der Waals surface area (Å²) in [5, 5.41) is 2.97. The molecule has 1 aromatic carbocycles. The zero-order valence-electron chi connectivity index (χ0n) is 9.94. The van der Waals surface area contributed by atoms with Crippen LogP contribution in [0.2, 0.25) is 0 Å². The number of nitrogens with one attached hydrogen (secondary N) is 1. The Labute approximate surface area is 97.1 Å². The molecule has 0 saturated carbocycles. The van der Waals surface area contributed by atoms with E-state index in [0.717, 1.165) is 6.54 Å². The molecule has 86 valence electrons. The number of piperidine rings is 1. The van der Waals surface area contributed by atoms with E-state index in [2.05, 4.69) is 43.4 Å². The van der Waals surface area contributed by atoms with Gasteiger partial charge in [0.05, 0.1) is 0 Å². The molecule has 2 heteroatoms. The summed E-state index contributed by atoms with van der Waals surface area (Å²) in [6.07, 6.45) is 0.632. The average Bonchev–Trinajstić information content (AvgIpc) is 2.29. The van der Waals surface area contributed by atoms with E-state index >= 15 is 0 Å². The molecule has 16 heavy (non-hydrogen) atoms. The Hall–Kier alpha value is -1.31. The highest BCUT2D eigenvalue weighted by Gasteiger charge is 2.31. The van der Waals surface area contributed by atoms with Crippen molar-refractivity contribution in [1.29, 1.82) is 0 Å². The van der Waals surface area contributed by atoms with Crippen molar-refractivity contribution in [3.63, 3.8) is 0 Å². The Morgan fingerprint density at radius 1 is 1.25 bits per heavy atom. The van der Waals surface area contributed by atoms with Gasteiger partial charge in [0, 0.05) is 13.0 Å². The van der Waals surface area contributed by atoms with E-state index in [-0.39, 0.29) is 5.91 Å². The molecule has 1 aliphatic heterocycles. The van der Waals surface area contributed by atoms with E-state index in [1.165, 1.54) is 5.56 Å².